The minimum absolute atomic E-state index is 0.576. The van der Waals surface area contributed by atoms with Crippen molar-refractivity contribution in [3.8, 4) is 5.75 Å². The van der Waals surface area contributed by atoms with Crippen LogP contribution in [0.4, 0.5) is 0 Å². The van der Waals surface area contributed by atoms with Gasteiger partial charge in [0.1, 0.15) is 5.75 Å². The van der Waals surface area contributed by atoms with Crippen LogP contribution >= 0.6 is 0 Å². The number of ether oxygens (including phenoxy) is 2. The van der Waals surface area contributed by atoms with Crippen molar-refractivity contribution in [2.75, 3.05) is 19.8 Å². The molecule has 0 spiro atoms. The Balaban J connectivity index is 1.44. The minimum atomic E-state index is 0.576. The van der Waals surface area contributed by atoms with Gasteiger partial charge in [-0.25, -0.2) is 0 Å². The Morgan fingerprint density at radius 2 is 1.80 bits per heavy atom. The second-order valence-electron chi connectivity index (χ2n) is 8.00. The first-order valence-electron chi connectivity index (χ1n) is 10.3. The lowest BCUT2D eigenvalue weighted by atomic mass is 9.85. The van der Waals surface area contributed by atoms with Gasteiger partial charge in [0.15, 0.2) is 0 Å². The highest BCUT2D eigenvalue weighted by Crippen LogP contribution is 2.27. The van der Waals surface area contributed by atoms with Crippen molar-refractivity contribution in [2.45, 2.75) is 70.9 Å². The normalized spacial score (nSPS) is 21.2. The molecular formula is C22H35NO2. The maximum absolute atomic E-state index is 6.16. The van der Waals surface area contributed by atoms with Crippen LogP contribution in [-0.4, -0.2) is 25.9 Å². The predicted molar refractivity (Wildman–Crippen MR) is 103 cm³/mol. The Kier molecular flexibility index (Phi) is 7.62. The van der Waals surface area contributed by atoms with Crippen molar-refractivity contribution in [3.63, 3.8) is 0 Å². The molecule has 1 saturated heterocycles. The van der Waals surface area contributed by atoms with Crippen LogP contribution in [0.2, 0.25) is 0 Å². The summed E-state index contributed by atoms with van der Waals surface area (Å²) in [5.74, 6) is 2.61. The van der Waals surface area contributed by atoms with Gasteiger partial charge in [-0.1, -0.05) is 50.3 Å². The third-order valence-corrected chi connectivity index (χ3v) is 5.84. The molecule has 1 aliphatic carbocycles. The third kappa shape index (κ3) is 6.31. The van der Waals surface area contributed by atoms with Crippen molar-refractivity contribution < 1.29 is 9.47 Å². The van der Waals surface area contributed by atoms with Crippen LogP contribution in [0.15, 0.2) is 24.3 Å². The van der Waals surface area contributed by atoms with Crippen LogP contribution in [-0.2, 0) is 11.3 Å². The number of rotatable bonds is 8. The zero-order chi connectivity index (χ0) is 17.3. The lowest BCUT2D eigenvalue weighted by Gasteiger charge is -2.26. The van der Waals surface area contributed by atoms with E-state index in [0.29, 0.717) is 12.0 Å². The van der Waals surface area contributed by atoms with Crippen molar-refractivity contribution in [1.29, 1.82) is 0 Å². The maximum Gasteiger partial charge on any atom is 0.123 e. The largest absolute Gasteiger partial charge is 0.493 e. The van der Waals surface area contributed by atoms with Crippen molar-refractivity contribution >= 4 is 0 Å². The Bertz CT molecular complexity index is 493. The first-order chi connectivity index (χ1) is 12.3. The smallest absolute Gasteiger partial charge is 0.123 e. The summed E-state index contributed by atoms with van der Waals surface area (Å²) in [6.45, 7) is 5.82. The van der Waals surface area contributed by atoms with E-state index in [-0.39, 0.29) is 0 Å². The molecule has 0 aromatic heterocycles. The van der Waals surface area contributed by atoms with Gasteiger partial charge >= 0.3 is 0 Å². The summed E-state index contributed by atoms with van der Waals surface area (Å²) >= 11 is 0. The summed E-state index contributed by atoms with van der Waals surface area (Å²) in [6, 6.07) is 9.08. The van der Waals surface area contributed by atoms with Crippen molar-refractivity contribution in [1.82, 2.24) is 5.32 Å². The van der Waals surface area contributed by atoms with Gasteiger partial charge in [-0.2, -0.15) is 0 Å². The zero-order valence-electron chi connectivity index (χ0n) is 15.8. The molecule has 1 N–H and O–H groups in total. The average Bonchev–Trinajstić information content (AvgIpc) is 2.67. The molecule has 1 aromatic carbocycles. The van der Waals surface area contributed by atoms with E-state index in [1.165, 1.54) is 44.1 Å². The molecule has 3 heteroatoms. The predicted octanol–water partition coefficient (Wildman–Crippen LogP) is 4.94. The fourth-order valence-corrected chi connectivity index (χ4v) is 4.20. The molecule has 3 rings (SSSR count). The van der Waals surface area contributed by atoms with Gasteiger partial charge in [-0.15, -0.1) is 0 Å². The standard InChI is InChI=1S/C22H35NO2/c1-18(15-19-7-3-2-4-8-19)23-16-21-9-5-6-10-22(21)25-17-20-11-13-24-14-12-20/h5-6,9-10,18-20,23H,2-4,7-8,11-17H2,1H3. The van der Waals surface area contributed by atoms with E-state index in [4.69, 9.17) is 9.47 Å². The van der Waals surface area contributed by atoms with Gasteiger partial charge in [0.05, 0.1) is 6.61 Å². The SMILES string of the molecule is CC(CC1CCCCC1)NCc1ccccc1OCC1CCOCC1. The summed E-state index contributed by atoms with van der Waals surface area (Å²) in [6.07, 6.45) is 10.7. The fraction of sp³-hybridized carbons (Fsp3) is 0.727. The molecule has 25 heavy (non-hydrogen) atoms. The molecule has 1 unspecified atom stereocenters. The van der Waals surface area contributed by atoms with Crippen LogP contribution in [0.5, 0.6) is 5.75 Å². The van der Waals surface area contributed by atoms with E-state index in [9.17, 15) is 0 Å². The van der Waals surface area contributed by atoms with Gasteiger partial charge in [0, 0.05) is 31.4 Å². The molecule has 2 fully saturated rings. The van der Waals surface area contributed by atoms with E-state index in [1.54, 1.807) is 0 Å². The molecule has 3 nitrogen and oxygen atoms in total. The highest BCUT2D eigenvalue weighted by molar-refractivity contribution is 5.33. The van der Waals surface area contributed by atoms with E-state index in [2.05, 4.69) is 36.5 Å². The molecule has 2 aliphatic rings. The van der Waals surface area contributed by atoms with E-state index in [0.717, 1.165) is 50.9 Å². The second kappa shape index (κ2) is 10.2. The average molecular weight is 346 g/mol. The monoisotopic (exact) mass is 345 g/mol. The van der Waals surface area contributed by atoms with Crippen molar-refractivity contribution in [3.05, 3.63) is 29.8 Å². The fourth-order valence-electron chi connectivity index (χ4n) is 4.20. The van der Waals surface area contributed by atoms with Crippen LogP contribution in [0.3, 0.4) is 0 Å². The summed E-state index contributed by atoms with van der Waals surface area (Å²) in [4.78, 5) is 0. The second-order valence-corrected chi connectivity index (χ2v) is 8.00. The Labute approximate surface area is 153 Å². The Morgan fingerprint density at radius 3 is 2.60 bits per heavy atom. The van der Waals surface area contributed by atoms with Gasteiger partial charge in [0.2, 0.25) is 0 Å². The molecule has 0 amide bonds. The van der Waals surface area contributed by atoms with E-state index >= 15 is 0 Å². The highest BCUT2D eigenvalue weighted by atomic mass is 16.5. The molecular weight excluding hydrogens is 310 g/mol. The van der Waals surface area contributed by atoms with Crippen LogP contribution < -0.4 is 10.1 Å². The van der Waals surface area contributed by atoms with Crippen LogP contribution in [0.1, 0.15) is 63.9 Å². The number of benzene rings is 1. The Morgan fingerprint density at radius 1 is 1.04 bits per heavy atom. The molecule has 1 heterocycles. The summed E-state index contributed by atoms with van der Waals surface area (Å²) < 4.78 is 11.6. The first kappa shape index (κ1) is 18.7. The lowest BCUT2D eigenvalue weighted by molar-refractivity contribution is 0.0496. The molecule has 1 aliphatic heterocycles. The third-order valence-electron chi connectivity index (χ3n) is 5.84. The van der Waals surface area contributed by atoms with E-state index in [1.807, 2.05) is 0 Å². The lowest BCUT2D eigenvalue weighted by Crippen LogP contribution is -2.29. The summed E-state index contributed by atoms with van der Waals surface area (Å²) in [5.41, 5.74) is 1.28. The van der Waals surface area contributed by atoms with Gasteiger partial charge in [-0.05, 0) is 44.1 Å². The summed E-state index contributed by atoms with van der Waals surface area (Å²) in [7, 11) is 0. The van der Waals surface area contributed by atoms with Gasteiger partial charge in [0.25, 0.3) is 0 Å². The number of para-hydroxylation sites is 1. The van der Waals surface area contributed by atoms with Gasteiger partial charge in [-0.3, -0.25) is 0 Å². The summed E-state index contributed by atoms with van der Waals surface area (Å²) in [5, 5.41) is 3.72. The minimum Gasteiger partial charge on any atom is -0.493 e. The topological polar surface area (TPSA) is 30.5 Å². The zero-order valence-corrected chi connectivity index (χ0v) is 15.8. The molecule has 140 valence electrons. The molecule has 1 aromatic rings. The van der Waals surface area contributed by atoms with E-state index < -0.39 is 0 Å². The highest BCUT2D eigenvalue weighted by Gasteiger charge is 2.17. The Hall–Kier alpha value is -1.06. The van der Waals surface area contributed by atoms with Gasteiger partial charge < -0.3 is 14.8 Å². The number of nitrogens with one attached hydrogen (secondary N) is 1. The van der Waals surface area contributed by atoms with Crippen molar-refractivity contribution in [2.24, 2.45) is 11.8 Å². The van der Waals surface area contributed by atoms with Crippen LogP contribution in [0, 0.1) is 11.8 Å². The molecule has 1 atom stereocenters. The van der Waals surface area contributed by atoms with Crippen LogP contribution in [0.25, 0.3) is 0 Å². The molecule has 0 bridgehead atoms. The number of hydrogen-bond acceptors (Lipinski definition) is 3. The molecule has 0 radical (unpaired) electrons. The number of hydrogen-bond donors (Lipinski definition) is 1. The maximum atomic E-state index is 6.16. The quantitative estimate of drug-likeness (QED) is 0.724. The molecule has 1 saturated carbocycles. The first-order valence-corrected chi connectivity index (χ1v) is 10.3.